The molecule has 0 saturated heterocycles. The van der Waals surface area contributed by atoms with E-state index in [2.05, 4.69) is 132 Å². The molecule has 0 bridgehead atoms. The molecule has 0 saturated carbocycles. The third-order valence-electron chi connectivity index (χ3n) is 8.60. The van der Waals surface area contributed by atoms with Gasteiger partial charge in [0.05, 0.1) is 26.9 Å². The van der Waals surface area contributed by atoms with E-state index in [-0.39, 0.29) is 0 Å². The standard InChI is InChI=1S/C38H21N3S2/c1-2-10-23-20-31-29(19-22(23)9-1)25-11-3-6-14-30(25)41(31)38-39-35(37-36(40-38)28-13-5-8-16-33(28)43-37)24-17-18-27-26-12-4-7-15-32(26)42-34(27)21-24/h1-21H. The summed E-state index contributed by atoms with van der Waals surface area (Å²) in [6.45, 7) is 0. The normalized spacial score (nSPS) is 12.2. The summed E-state index contributed by atoms with van der Waals surface area (Å²) in [7, 11) is 0. The fourth-order valence-electron chi connectivity index (χ4n) is 6.62. The Morgan fingerprint density at radius 2 is 1.14 bits per heavy atom. The first-order chi connectivity index (χ1) is 21.3. The molecule has 10 aromatic rings. The van der Waals surface area contributed by atoms with E-state index in [0.717, 1.165) is 32.5 Å². The van der Waals surface area contributed by atoms with Crippen LogP contribution in [0.25, 0.3) is 90.3 Å². The number of rotatable bonds is 2. The van der Waals surface area contributed by atoms with Gasteiger partial charge in [0.25, 0.3) is 0 Å². The van der Waals surface area contributed by atoms with E-state index < -0.39 is 0 Å². The molecule has 0 aliphatic rings. The van der Waals surface area contributed by atoms with E-state index in [9.17, 15) is 0 Å². The van der Waals surface area contributed by atoms with Crippen molar-refractivity contribution in [1.82, 2.24) is 14.5 Å². The number of aromatic nitrogens is 3. The van der Waals surface area contributed by atoms with Gasteiger partial charge in [-0.15, -0.1) is 22.7 Å². The molecule has 4 heterocycles. The van der Waals surface area contributed by atoms with Crippen LogP contribution in [-0.4, -0.2) is 14.5 Å². The molecule has 43 heavy (non-hydrogen) atoms. The number of hydrogen-bond donors (Lipinski definition) is 0. The van der Waals surface area contributed by atoms with E-state index in [1.807, 2.05) is 11.3 Å². The van der Waals surface area contributed by atoms with Gasteiger partial charge >= 0.3 is 0 Å². The number of nitrogens with zero attached hydrogens (tertiary/aromatic N) is 3. The van der Waals surface area contributed by atoms with Crippen LogP contribution < -0.4 is 0 Å². The van der Waals surface area contributed by atoms with Crippen LogP contribution in [0.1, 0.15) is 0 Å². The first kappa shape index (κ1) is 23.5. The van der Waals surface area contributed by atoms with Crippen molar-refractivity contribution in [1.29, 1.82) is 0 Å². The Kier molecular flexibility index (Phi) is 4.75. The Bertz CT molecular complexity index is 2750. The lowest BCUT2D eigenvalue weighted by molar-refractivity contribution is 1.02. The van der Waals surface area contributed by atoms with Crippen molar-refractivity contribution >= 4 is 95.7 Å². The maximum atomic E-state index is 5.42. The number of hydrogen-bond acceptors (Lipinski definition) is 4. The maximum Gasteiger partial charge on any atom is 0.235 e. The highest BCUT2D eigenvalue weighted by molar-refractivity contribution is 7.26. The molecule has 0 radical (unpaired) electrons. The molecule has 10 rings (SSSR count). The summed E-state index contributed by atoms with van der Waals surface area (Å²) in [6, 6.07) is 45.8. The van der Waals surface area contributed by atoms with E-state index in [1.165, 1.54) is 51.8 Å². The zero-order valence-corrected chi connectivity index (χ0v) is 24.4. The predicted octanol–water partition coefficient (Wildman–Crippen LogP) is 11.1. The highest BCUT2D eigenvalue weighted by atomic mass is 32.1. The van der Waals surface area contributed by atoms with Gasteiger partial charge in [0.15, 0.2) is 0 Å². The van der Waals surface area contributed by atoms with E-state index >= 15 is 0 Å². The zero-order valence-electron chi connectivity index (χ0n) is 22.8. The molecule has 0 atom stereocenters. The summed E-state index contributed by atoms with van der Waals surface area (Å²) in [4.78, 5) is 10.8. The predicted molar refractivity (Wildman–Crippen MR) is 185 cm³/mol. The largest absolute Gasteiger partial charge is 0.278 e. The summed E-state index contributed by atoms with van der Waals surface area (Å²) in [5.74, 6) is 0.698. The van der Waals surface area contributed by atoms with Crippen LogP contribution in [0.5, 0.6) is 0 Å². The molecule has 5 heteroatoms. The van der Waals surface area contributed by atoms with Crippen molar-refractivity contribution in [3.8, 4) is 17.2 Å². The molecule has 4 aromatic heterocycles. The lowest BCUT2D eigenvalue weighted by Crippen LogP contribution is -2.02. The van der Waals surface area contributed by atoms with Gasteiger partial charge in [0, 0.05) is 46.6 Å². The summed E-state index contributed by atoms with van der Waals surface area (Å²) in [6.07, 6.45) is 0. The second kappa shape index (κ2) is 8.71. The summed E-state index contributed by atoms with van der Waals surface area (Å²) in [5.41, 5.74) is 5.32. The molecule has 0 aliphatic carbocycles. The molecule has 200 valence electrons. The van der Waals surface area contributed by atoms with Crippen molar-refractivity contribution < 1.29 is 0 Å². The van der Waals surface area contributed by atoms with Gasteiger partial charge in [-0.1, -0.05) is 91.0 Å². The van der Waals surface area contributed by atoms with Gasteiger partial charge in [-0.3, -0.25) is 4.57 Å². The first-order valence-corrected chi connectivity index (χ1v) is 16.0. The summed E-state index contributed by atoms with van der Waals surface area (Å²) in [5, 5.41) is 8.62. The van der Waals surface area contributed by atoms with Gasteiger partial charge in [-0.25, -0.2) is 9.97 Å². The van der Waals surface area contributed by atoms with Crippen LogP contribution in [0.15, 0.2) is 127 Å². The van der Waals surface area contributed by atoms with Crippen molar-refractivity contribution in [2.24, 2.45) is 0 Å². The minimum atomic E-state index is 0.698. The Hall–Kier alpha value is -5.10. The average Bonchev–Trinajstić information content (AvgIpc) is 3.72. The lowest BCUT2D eigenvalue weighted by atomic mass is 10.1. The fraction of sp³-hybridized carbons (Fsp3) is 0. The number of fused-ring (bicyclic) bond motifs is 10. The number of thiophene rings is 2. The molecule has 0 fully saturated rings. The first-order valence-electron chi connectivity index (χ1n) is 14.3. The van der Waals surface area contributed by atoms with Crippen LogP contribution in [-0.2, 0) is 0 Å². The monoisotopic (exact) mass is 583 g/mol. The Morgan fingerprint density at radius 3 is 2.00 bits per heavy atom. The van der Waals surface area contributed by atoms with Gasteiger partial charge < -0.3 is 0 Å². The third kappa shape index (κ3) is 3.35. The Labute approximate surface area is 253 Å². The van der Waals surface area contributed by atoms with E-state index in [4.69, 9.17) is 9.97 Å². The second-order valence-electron chi connectivity index (χ2n) is 11.0. The second-order valence-corrected chi connectivity index (χ2v) is 13.2. The molecular formula is C38H21N3S2. The van der Waals surface area contributed by atoms with Gasteiger partial charge in [0.2, 0.25) is 5.95 Å². The third-order valence-corrected chi connectivity index (χ3v) is 10.9. The lowest BCUT2D eigenvalue weighted by Gasteiger charge is -2.10. The van der Waals surface area contributed by atoms with E-state index in [0.29, 0.717) is 5.95 Å². The molecule has 0 N–H and O–H groups in total. The molecule has 0 spiro atoms. The van der Waals surface area contributed by atoms with Crippen LogP contribution >= 0.6 is 22.7 Å². The van der Waals surface area contributed by atoms with Crippen LogP contribution in [0.4, 0.5) is 0 Å². The molecule has 0 aliphatic heterocycles. The SMILES string of the molecule is c1ccc2cc3c(cc2c1)c1ccccc1n3-c1nc(-c2ccc3c(c2)sc2ccccc23)c2sc3ccccc3c2n1. The molecule has 6 aromatic carbocycles. The maximum absolute atomic E-state index is 5.42. The number of para-hydroxylation sites is 1. The molecule has 3 nitrogen and oxygen atoms in total. The van der Waals surface area contributed by atoms with Crippen LogP contribution in [0.3, 0.4) is 0 Å². The Balaban J connectivity index is 1.33. The summed E-state index contributed by atoms with van der Waals surface area (Å²) >= 11 is 3.62. The van der Waals surface area contributed by atoms with Crippen LogP contribution in [0, 0.1) is 0 Å². The smallest absolute Gasteiger partial charge is 0.235 e. The minimum Gasteiger partial charge on any atom is -0.278 e. The number of benzene rings is 6. The average molecular weight is 584 g/mol. The molecule has 0 unspecified atom stereocenters. The van der Waals surface area contributed by atoms with Crippen molar-refractivity contribution in [2.75, 3.05) is 0 Å². The zero-order chi connectivity index (χ0) is 28.1. The van der Waals surface area contributed by atoms with Crippen molar-refractivity contribution in [3.05, 3.63) is 127 Å². The molecule has 0 amide bonds. The fourth-order valence-corrected chi connectivity index (χ4v) is 8.92. The van der Waals surface area contributed by atoms with Gasteiger partial charge in [-0.2, -0.15) is 0 Å². The van der Waals surface area contributed by atoms with Gasteiger partial charge in [-0.05, 0) is 47.2 Å². The summed E-state index contributed by atoms with van der Waals surface area (Å²) < 4.78 is 7.18. The molecular weight excluding hydrogens is 563 g/mol. The minimum absolute atomic E-state index is 0.698. The van der Waals surface area contributed by atoms with E-state index in [1.54, 1.807) is 11.3 Å². The van der Waals surface area contributed by atoms with Gasteiger partial charge in [0.1, 0.15) is 0 Å². The van der Waals surface area contributed by atoms with Crippen molar-refractivity contribution in [2.45, 2.75) is 0 Å². The topological polar surface area (TPSA) is 30.7 Å². The Morgan fingerprint density at radius 1 is 0.465 bits per heavy atom. The highest BCUT2D eigenvalue weighted by Gasteiger charge is 2.20. The quantitative estimate of drug-likeness (QED) is 0.203. The highest BCUT2D eigenvalue weighted by Crippen LogP contribution is 2.42. The van der Waals surface area contributed by atoms with Crippen LogP contribution in [0.2, 0.25) is 0 Å². The van der Waals surface area contributed by atoms with Crippen molar-refractivity contribution in [3.63, 3.8) is 0 Å².